The fourth-order valence-electron chi connectivity index (χ4n) is 3.60. The monoisotopic (exact) mass is 332 g/mol. The summed E-state index contributed by atoms with van der Waals surface area (Å²) in [7, 11) is -3.30. The summed E-state index contributed by atoms with van der Waals surface area (Å²) < 4.78 is 33.7. The SMILES string of the molecule is CC1(CN2CCN(S(=O)(=O)N3CCOCC3)CC2)CCNC1. The Morgan fingerprint density at radius 3 is 2.27 bits per heavy atom. The Kier molecular flexibility index (Phi) is 5.06. The van der Waals surface area contributed by atoms with E-state index in [1.54, 1.807) is 8.61 Å². The molecule has 0 saturated carbocycles. The molecule has 0 aliphatic carbocycles. The van der Waals surface area contributed by atoms with E-state index in [9.17, 15) is 8.42 Å². The van der Waals surface area contributed by atoms with Gasteiger partial charge in [-0.25, -0.2) is 0 Å². The van der Waals surface area contributed by atoms with Gasteiger partial charge >= 0.3 is 0 Å². The second-order valence-corrected chi connectivity index (χ2v) is 8.86. The van der Waals surface area contributed by atoms with Gasteiger partial charge in [-0.1, -0.05) is 6.92 Å². The number of piperazine rings is 1. The van der Waals surface area contributed by atoms with Crippen molar-refractivity contribution >= 4 is 10.2 Å². The first kappa shape index (κ1) is 16.6. The third-order valence-electron chi connectivity index (χ3n) is 5.02. The van der Waals surface area contributed by atoms with E-state index in [1.807, 2.05) is 0 Å². The minimum absolute atomic E-state index is 0.339. The average molecular weight is 332 g/mol. The summed E-state index contributed by atoms with van der Waals surface area (Å²) >= 11 is 0. The first-order chi connectivity index (χ1) is 10.5. The van der Waals surface area contributed by atoms with Crippen LogP contribution in [0.5, 0.6) is 0 Å². The Hall–Kier alpha value is -0.250. The molecule has 0 amide bonds. The lowest BCUT2D eigenvalue weighted by molar-refractivity contribution is 0.0674. The van der Waals surface area contributed by atoms with E-state index >= 15 is 0 Å². The second kappa shape index (κ2) is 6.70. The maximum Gasteiger partial charge on any atom is 0.282 e. The van der Waals surface area contributed by atoms with Crippen LogP contribution >= 0.6 is 0 Å². The molecule has 0 aromatic carbocycles. The molecule has 3 heterocycles. The van der Waals surface area contributed by atoms with Crippen LogP contribution in [0.4, 0.5) is 0 Å². The predicted octanol–water partition coefficient (Wildman–Crippen LogP) is -0.819. The summed E-state index contributed by atoms with van der Waals surface area (Å²) in [6.07, 6.45) is 1.21. The lowest BCUT2D eigenvalue weighted by Gasteiger charge is -2.40. The highest BCUT2D eigenvalue weighted by Gasteiger charge is 2.36. The van der Waals surface area contributed by atoms with Gasteiger partial charge in [0.05, 0.1) is 13.2 Å². The molecule has 3 saturated heterocycles. The Bertz CT molecular complexity index is 464. The van der Waals surface area contributed by atoms with Crippen molar-refractivity contribution in [1.82, 2.24) is 18.8 Å². The summed E-state index contributed by atoms with van der Waals surface area (Å²) in [5, 5.41) is 3.43. The van der Waals surface area contributed by atoms with E-state index in [-0.39, 0.29) is 0 Å². The fourth-order valence-corrected chi connectivity index (χ4v) is 5.16. The highest BCUT2D eigenvalue weighted by Crippen LogP contribution is 2.26. The van der Waals surface area contributed by atoms with E-state index < -0.39 is 10.2 Å². The molecule has 0 aromatic rings. The molecule has 0 bridgehead atoms. The lowest BCUT2D eigenvalue weighted by atomic mass is 9.89. The number of hydrogen-bond donors (Lipinski definition) is 1. The summed E-state index contributed by atoms with van der Waals surface area (Å²) in [4.78, 5) is 2.42. The van der Waals surface area contributed by atoms with Crippen LogP contribution in [-0.2, 0) is 14.9 Å². The maximum atomic E-state index is 12.6. The quantitative estimate of drug-likeness (QED) is 0.729. The third kappa shape index (κ3) is 3.63. The van der Waals surface area contributed by atoms with Crippen LogP contribution in [0.1, 0.15) is 13.3 Å². The number of ether oxygens (including phenoxy) is 1. The van der Waals surface area contributed by atoms with Crippen LogP contribution in [0, 0.1) is 5.41 Å². The smallest absolute Gasteiger partial charge is 0.282 e. The molecule has 7 nitrogen and oxygen atoms in total. The zero-order chi connectivity index (χ0) is 15.6. The number of morpholine rings is 1. The molecule has 1 unspecified atom stereocenters. The van der Waals surface area contributed by atoms with Crippen LogP contribution in [0.2, 0.25) is 0 Å². The van der Waals surface area contributed by atoms with Crippen LogP contribution < -0.4 is 5.32 Å². The number of nitrogens with zero attached hydrogens (tertiary/aromatic N) is 3. The van der Waals surface area contributed by atoms with Gasteiger partial charge in [-0.2, -0.15) is 17.0 Å². The van der Waals surface area contributed by atoms with E-state index in [0.717, 1.165) is 32.7 Å². The molecule has 3 aliphatic heterocycles. The molecule has 22 heavy (non-hydrogen) atoms. The van der Waals surface area contributed by atoms with Crippen LogP contribution in [0.25, 0.3) is 0 Å². The molecule has 3 aliphatic rings. The topological polar surface area (TPSA) is 65.1 Å². The van der Waals surface area contributed by atoms with Crippen molar-refractivity contribution in [1.29, 1.82) is 0 Å². The zero-order valence-electron chi connectivity index (χ0n) is 13.5. The predicted molar refractivity (Wildman–Crippen MR) is 84.9 cm³/mol. The van der Waals surface area contributed by atoms with Crippen molar-refractivity contribution in [3.8, 4) is 0 Å². The lowest BCUT2D eigenvalue weighted by Crippen LogP contribution is -2.56. The van der Waals surface area contributed by atoms with Gasteiger partial charge in [-0.15, -0.1) is 0 Å². The normalized spacial score (nSPS) is 33.3. The molecule has 0 spiro atoms. The van der Waals surface area contributed by atoms with Gasteiger partial charge in [0.1, 0.15) is 0 Å². The van der Waals surface area contributed by atoms with Crippen molar-refractivity contribution in [2.24, 2.45) is 5.41 Å². The van der Waals surface area contributed by atoms with Gasteiger partial charge in [0.2, 0.25) is 0 Å². The van der Waals surface area contributed by atoms with Gasteiger partial charge in [-0.05, 0) is 18.4 Å². The zero-order valence-corrected chi connectivity index (χ0v) is 14.3. The first-order valence-corrected chi connectivity index (χ1v) is 9.65. The van der Waals surface area contributed by atoms with E-state index in [4.69, 9.17) is 4.74 Å². The van der Waals surface area contributed by atoms with Crippen LogP contribution in [0.3, 0.4) is 0 Å². The molecular formula is C14H28N4O3S. The van der Waals surface area contributed by atoms with Gasteiger partial charge in [0.25, 0.3) is 10.2 Å². The van der Waals surface area contributed by atoms with Crippen LogP contribution in [-0.4, -0.2) is 94.0 Å². The highest BCUT2D eigenvalue weighted by molar-refractivity contribution is 7.86. The molecule has 0 aromatic heterocycles. The third-order valence-corrected chi connectivity index (χ3v) is 7.05. The van der Waals surface area contributed by atoms with E-state index in [2.05, 4.69) is 17.1 Å². The largest absolute Gasteiger partial charge is 0.379 e. The Morgan fingerprint density at radius 1 is 1.05 bits per heavy atom. The molecule has 1 N–H and O–H groups in total. The minimum Gasteiger partial charge on any atom is -0.379 e. The highest BCUT2D eigenvalue weighted by atomic mass is 32.2. The van der Waals surface area contributed by atoms with Crippen molar-refractivity contribution in [3.63, 3.8) is 0 Å². The molecule has 1 atom stereocenters. The van der Waals surface area contributed by atoms with Crippen molar-refractivity contribution in [2.45, 2.75) is 13.3 Å². The van der Waals surface area contributed by atoms with E-state index in [0.29, 0.717) is 44.8 Å². The molecule has 128 valence electrons. The number of rotatable bonds is 4. The Balaban J connectivity index is 1.52. The van der Waals surface area contributed by atoms with E-state index in [1.165, 1.54) is 6.42 Å². The summed E-state index contributed by atoms with van der Waals surface area (Å²) in [6.45, 7) is 10.4. The van der Waals surface area contributed by atoms with Crippen molar-refractivity contribution in [3.05, 3.63) is 0 Å². The summed E-state index contributed by atoms with van der Waals surface area (Å²) in [6, 6.07) is 0. The number of nitrogens with one attached hydrogen (secondary N) is 1. The van der Waals surface area contributed by atoms with Crippen molar-refractivity contribution < 1.29 is 13.2 Å². The first-order valence-electron chi connectivity index (χ1n) is 8.26. The maximum absolute atomic E-state index is 12.6. The average Bonchev–Trinajstić information content (AvgIpc) is 2.95. The minimum atomic E-state index is -3.30. The molecule has 8 heteroatoms. The van der Waals surface area contributed by atoms with Crippen LogP contribution in [0.15, 0.2) is 0 Å². The van der Waals surface area contributed by atoms with Gasteiger partial charge in [-0.3, -0.25) is 0 Å². The standard InChI is InChI=1S/C14H28N4O3S/c1-14(2-3-15-12-14)13-16-4-6-17(7-5-16)22(19,20)18-8-10-21-11-9-18/h15H,2-13H2,1H3. The molecule has 0 radical (unpaired) electrons. The Labute approximate surface area is 133 Å². The summed E-state index contributed by atoms with van der Waals surface area (Å²) in [5.41, 5.74) is 0.339. The van der Waals surface area contributed by atoms with Gasteiger partial charge in [0, 0.05) is 52.4 Å². The van der Waals surface area contributed by atoms with Gasteiger partial charge in [0.15, 0.2) is 0 Å². The second-order valence-electron chi connectivity index (χ2n) is 6.93. The Morgan fingerprint density at radius 2 is 1.68 bits per heavy atom. The van der Waals surface area contributed by atoms with Gasteiger partial charge < -0.3 is 15.0 Å². The number of hydrogen-bond acceptors (Lipinski definition) is 5. The molecular weight excluding hydrogens is 304 g/mol. The van der Waals surface area contributed by atoms with Crippen molar-refractivity contribution in [2.75, 3.05) is 72.1 Å². The fraction of sp³-hybridized carbons (Fsp3) is 1.00. The molecule has 3 fully saturated rings. The molecule has 3 rings (SSSR count). The summed E-state index contributed by atoms with van der Waals surface area (Å²) in [5.74, 6) is 0.